The van der Waals surface area contributed by atoms with Crippen LogP contribution in [0.2, 0.25) is 0 Å². The van der Waals surface area contributed by atoms with Crippen LogP contribution in [0.4, 0.5) is 8.78 Å². The molecule has 0 aromatic heterocycles. The summed E-state index contributed by atoms with van der Waals surface area (Å²) in [7, 11) is 0. The SMILES string of the molecule is CC(=O)c1ccc(OCc2c(F)cccc2F)cc1. The van der Waals surface area contributed by atoms with E-state index in [-0.39, 0.29) is 18.0 Å². The third-order valence-electron chi connectivity index (χ3n) is 2.71. The summed E-state index contributed by atoms with van der Waals surface area (Å²) in [6.07, 6.45) is 0. The summed E-state index contributed by atoms with van der Waals surface area (Å²) < 4.78 is 32.0. The average molecular weight is 262 g/mol. The van der Waals surface area contributed by atoms with Crippen LogP contribution in [0.1, 0.15) is 22.8 Å². The molecule has 0 atom stereocenters. The highest BCUT2D eigenvalue weighted by Crippen LogP contribution is 2.17. The zero-order valence-electron chi connectivity index (χ0n) is 10.3. The largest absolute Gasteiger partial charge is 0.489 e. The Bertz CT molecular complexity index is 571. The lowest BCUT2D eigenvalue weighted by molar-refractivity contribution is 0.101. The summed E-state index contributed by atoms with van der Waals surface area (Å²) in [5.41, 5.74) is 0.447. The minimum absolute atomic E-state index is 0.0494. The molecule has 0 saturated carbocycles. The van der Waals surface area contributed by atoms with E-state index in [1.165, 1.54) is 25.1 Å². The van der Waals surface area contributed by atoms with E-state index in [4.69, 9.17) is 4.74 Å². The third kappa shape index (κ3) is 3.16. The predicted molar refractivity (Wildman–Crippen MR) is 67.1 cm³/mol. The van der Waals surface area contributed by atoms with Gasteiger partial charge in [-0.25, -0.2) is 8.78 Å². The number of benzene rings is 2. The Balaban J connectivity index is 2.08. The first kappa shape index (κ1) is 13.2. The summed E-state index contributed by atoms with van der Waals surface area (Å²) in [5, 5.41) is 0. The first-order valence-corrected chi connectivity index (χ1v) is 5.74. The number of halogens is 2. The Morgan fingerprint density at radius 3 is 2.16 bits per heavy atom. The molecule has 2 nitrogen and oxygen atoms in total. The van der Waals surface area contributed by atoms with E-state index >= 15 is 0 Å². The number of hydrogen-bond donors (Lipinski definition) is 0. The molecule has 0 bridgehead atoms. The van der Waals surface area contributed by atoms with Crippen molar-refractivity contribution in [3.8, 4) is 5.75 Å². The van der Waals surface area contributed by atoms with Gasteiger partial charge in [0, 0.05) is 5.56 Å². The Labute approximate surface area is 109 Å². The molecular weight excluding hydrogens is 250 g/mol. The van der Waals surface area contributed by atoms with Gasteiger partial charge in [-0.05, 0) is 43.3 Å². The second-order valence-corrected chi connectivity index (χ2v) is 4.07. The first-order valence-electron chi connectivity index (χ1n) is 5.74. The topological polar surface area (TPSA) is 26.3 Å². The molecule has 0 aliphatic carbocycles. The minimum Gasteiger partial charge on any atom is -0.489 e. The van der Waals surface area contributed by atoms with Crippen molar-refractivity contribution in [2.45, 2.75) is 13.5 Å². The fourth-order valence-corrected chi connectivity index (χ4v) is 1.61. The average Bonchev–Trinajstić information content (AvgIpc) is 2.38. The maximum Gasteiger partial charge on any atom is 0.159 e. The van der Waals surface area contributed by atoms with Crippen molar-refractivity contribution in [3.63, 3.8) is 0 Å². The normalized spacial score (nSPS) is 10.3. The quantitative estimate of drug-likeness (QED) is 0.784. The summed E-state index contributed by atoms with van der Waals surface area (Å²) in [4.78, 5) is 11.1. The van der Waals surface area contributed by atoms with E-state index < -0.39 is 11.6 Å². The highest BCUT2D eigenvalue weighted by atomic mass is 19.1. The van der Waals surface area contributed by atoms with Crippen molar-refractivity contribution in [1.82, 2.24) is 0 Å². The molecule has 0 unspecified atom stereocenters. The monoisotopic (exact) mass is 262 g/mol. The smallest absolute Gasteiger partial charge is 0.159 e. The molecule has 0 fully saturated rings. The van der Waals surface area contributed by atoms with Gasteiger partial charge in [0.25, 0.3) is 0 Å². The molecular formula is C15H12F2O2. The Hall–Kier alpha value is -2.23. The molecule has 0 amide bonds. The van der Waals surface area contributed by atoms with E-state index in [2.05, 4.69) is 0 Å². The van der Waals surface area contributed by atoms with Crippen molar-refractivity contribution in [1.29, 1.82) is 0 Å². The maximum atomic E-state index is 13.4. The highest BCUT2D eigenvalue weighted by Gasteiger charge is 2.09. The van der Waals surface area contributed by atoms with Crippen LogP contribution in [-0.2, 0) is 6.61 Å². The van der Waals surface area contributed by atoms with Crippen LogP contribution in [0.3, 0.4) is 0 Å². The minimum atomic E-state index is -0.639. The van der Waals surface area contributed by atoms with Gasteiger partial charge < -0.3 is 4.74 Å². The van der Waals surface area contributed by atoms with E-state index in [0.717, 1.165) is 0 Å². The Morgan fingerprint density at radius 2 is 1.63 bits per heavy atom. The molecule has 2 aromatic rings. The van der Waals surface area contributed by atoms with E-state index in [9.17, 15) is 13.6 Å². The summed E-state index contributed by atoms with van der Waals surface area (Å²) in [6, 6.07) is 10.1. The van der Waals surface area contributed by atoms with Crippen LogP contribution < -0.4 is 4.74 Å². The zero-order valence-corrected chi connectivity index (χ0v) is 10.3. The second kappa shape index (κ2) is 5.61. The molecule has 0 aliphatic heterocycles. The van der Waals surface area contributed by atoms with Crippen molar-refractivity contribution in [2.24, 2.45) is 0 Å². The van der Waals surface area contributed by atoms with Gasteiger partial charge in [0.1, 0.15) is 24.0 Å². The molecule has 4 heteroatoms. The van der Waals surface area contributed by atoms with Gasteiger partial charge in [-0.1, -0.05) is 6.07 Å². The molecule has 0 aliphatic rings. The molecule has 98 valence electrons. The Kier molecular flexibility index (Phi) is 3.90. The standard InChI is InChI=1S/C15H12F2O2/c1-10(18)11-5-7-12(8-6-11)19-9-13-14(16)3-2-4-15(13)17/h2-8H,9H2,1H3. The van der Waals surface area contributed by atoms with Gasteiger partial charge in [-0.3, -0.25) is 4.79 Å². The molecule has 0 spiro atoms. The number of rotatable bonds is 4. The number of ether oxygens (including phenoxy) is 1. The van der Waals surface area contributed by atoms with Crippen LogP contribution in [0.25, 0.3) is 0 Å². The highest BCUT2D eigenvalue weighted by molar-refractivity contribution is 5.94. The lowest BCUT2D eigenvalue weighted by Crippen LogP contribution is -2.02. The van der Waals surface area contributed by atoms with Crippen LogP contribution in [0.15, 0.2) is 42.5 Å². The molecule has 0 N–H and O–H groups in total. The van der Waals surface area contributed by atoms with Gasteiger partial charge in [0.2, 0.25) is 0 Å². The molecule has 0 radical (unpaired) electrons. The maximum absolute atomic E-state index is 13.4. The molecule has 19 heavy (non-hydrogen) atoms. The van der Waals surface area contributed by atoms with E-state index in [0.29, 0.717) is 11.3 Å². The number of Topliss-reactive ketones (excluding diaryl/α,β-unsaturated/α-hetero) is 1. The van der Waals surface area contributed by atoms with Crippen LogP contribution in [-0.4, -0.2) is 5.78 Å². The summed E-state index contributed by atoms with van der Waals surface area (Å²) in [6.45, 7) is 1.27. The summed E-state index contributed by atoms with van der Waals surface area (Å²) >= 11 is 0. The number of ketones is 1. The van der Waals surface area contributed by atoms with E-state index in [1.54, 1.807) is 24.3 Å². The van der Waals surface area contributed by atoms with Gasteiger partial charge >= 0.3 is 0 Å². The third-order valence-corrected chi connectivity index (χ3v) is 2.71. The molecule has 0 saturated heterocycles. The van der Waals surface area contributed by atoms with Crippen molar-refractivity contribution < 1.29 is 18.3 Å². The predicted octanol–water partition coefficient (Wildman–Crippen LogP) is 3.75. The summed E-state index contributed by atoms with van der Waals surface area (Å²) in [5.74, 6) is -0.875. The van der Waals surface area contributed by atoms with Gasteiger partial charge in [-0.15, -0.1) is 0 Å². The van der Waals surface area contributed by atoms with Crippen LogP contribution in [0, 0.1) is 11.6 Å². The van der Waals surface area contributed by atoms with Crippen molar-refractivity contribution in [2.75, 3.05) is 0 Å². The molecule has 0 heterocycles. The number of carbonyl (C=O) groups is 1. The molecule has 2 rings (SSSR count). The lowest BCUT2D eigenvalue weighted by Gasteiger charge is -2.08. The van der Waals surface area contributed by atoms with Crippen LogP contribution in [0.5, 0.6) is 5.75 Å². The second-order valence-electron chi connectivity index (χ2n) is 4.07. The van der Waals surface area contributed by atoms with Gasteiger partial charge in [-0.2, -0.15) is 0 Å². The van der Waals surface area contributed by atoms with Gasteiger partial charge in [0.05, 0.1) is 5.56 Å². The molecule has 2 aromatic carbocycles. The number of carbonyl (C=O) groups excluding carboxylic acids is 1. The Morgan fingerprint density at radius 1 is 1.05 bits per heavy atom. The first-order chi connectivity index (χ1) is 9.08. The lowest BCUT2D eigenvalue weighted by atomic mass is 10.1. The van der Waals surface area contributed by atoms with Crippen LogP contribution >= 0.6 is 0 Å². The van der Waals surface area contributed by atoms with Crippen molar-refractivity contribution >= 4 is 5.78 Å². The van der Waals surface area contributed by atoms with Gasteiger partial charge in [0.15, 0.2) is 5.78 Å². The fraction of sp³-hybridized carbons (Fsp3) is 0.133. The zero-order chi connectivity index (χ0) is 13.8. The van der Waals surface area contributed by atoms with E-state index in [1.807, 2.05) is 0 Å². The van der Waals surface area contributed by atoms with Crippen molar-refractivity contribution in [3.05, 3.63) is 65.2 Å². The fourth-order valence-electron chi connectivity index (χ4n) is 1.61. The number of hydrogen-bond acceptors (Lipinski definition) is 2.